The topological polar surface area (TPSA) is 77.8 Å². The van der Waals surface area contributed by atoms with Gasteiger partial charge in [-0.2, -0.15) is 0 Å². The first-order valence-corrected chi connectivity index (χ1v) is 15.6. The predicted molar refractivity (Wildman–Crippen MR) is 152 cm³/mol. The molecule has 0 radical (unpaired) electrons. The molecule has 1 heterocycles. The smallest absolute Gasteiger partial charge is 0.335 e. The quantitative estimate of drug-likeness (QED) is 0.435. The summed E-state index contributed by atoms with van der Waals surface area (Å²) in [6.45, 7) is 13.4. The number of aliphatic hydroxyl groups excluding tert-OH is 1. The minimum Gasteiger partial charge on any atom is -0.478 e. The Morgan fingerprint density at radius 3 is 2.31 bits per heavy atom. The third-order valence-corrected chi connectivity index (χ3v) is 14.1. The zero-order valence-corrected chi connectivity index (χ0v) is 24.8. The van der Waals surface area contributed by atoms with Crippen LogP contribution in [-0.2, 0) is 0 Å². The van der Waals surface area contributed by atoms with E-state index in [4.69, 9.17) is 0 Å². The lowest BCUT2D eigenvalue weighted by molar-refractivity contribution is -0.238. The van der Waals surface area contributed by atoms with Crippen molar-refractivity contribution in [1.82, 2.24) is 4.90 Å². The number of piperidine rings is 1. The van der Waals surface area contributed by atoms with Crippen LogP contribution in [-0.4, -0.2) is 45.7 Å². The first kappa shape index (κ1) is 27.3. The Hall–Kier alpha value is -1.88. The third kappa shape index (κ3) is 3.53. The van der Waals surface area contributed by atoms with Crippen molar-refractivity contribution in [3.05, 3.63) is 35.4 Å². The van der Waals surface area contributed by atoms with E-state index in [1.165, 1.54) is 57.4 Å². The first-order chi connectivity index (χ1) is 18.3. The Bertz CT molecular complexity index is 1180. The second kappa shape index (κ2) is 8.81. The predicted octanol–water partition coefficient (Wildman–Crippen LogP) is 7.04. The van der Waals surface area contributed by atoms with Crippen molar-refractivity contribution >= 4 is 11.9 Å². The molecule has 4 saturated carbocycles. The number of aliphatic hydroxyl groups is 1. The summed E-state index contributed by atoms with van der Waals surface area (Å²) in [5.41, 5.74) is 1.29. The number of carbonyl (C=O) groups is 2. The average Bonchev–Trinajstić information content (AvgIpc) is 3.33. The van der Waals surface area contributed by atoms with Crippen LogP contribution < -0.4 is 0 Å². The summed E-state index contributed by atoms with van der Waals surface area (Å²) < 4.78 is 0. The SMILES string of the molecule is CC12CCN(C(=O)c3cccc(C(=O)O)c3)C(C)(C)C1CCC1(C)C2CCC2C3CCCC3(CO)CC[C@]21C. The molecule has 1 amide bonds. The molecule has 214 valence electrons. The number of hydrogen-bond acceptors (Lipinski definition) is 3. The lowest BCUT2D eigenvalue weighted by Gasteiger charge is -2.73. The first-order valence-electron chi connectivity index (χ1n) is 15.6. The standard InChI is InChI=1S/C34H49NO4/c1-30(2)26-13-15-33(5)27(12-11-24-25-10-7-14-34(25,21-36)17-16-32(24,33)4)31(26,3)18-19-35(30)28(37)22-8-6-9-23(20-22)29(38)39/h6,8-9,20,24-27,36H,7,10-19,21H2,1-5H3,(H,38,39)/t24?,25?,26?,27?,31?,32-,33?,34?/m1/s1. The molecule has 8 atom stereocenters. The van der Waals surface area contributed by atoms with Gasteiger partial charge in [0.05, 0.1) is 5.56 Å². The van der Waals surface area contributed by atoms with Gasteiger partial charge in [0.15, 0.2) is 0 Å². The van der Waals surface area contributed by atoms with Gasteiger partial charge in [-0.25, -0.2) is 4.79 Å². The molecule has 4 aliphatic carbocycles. The van der Waals surface area contributed by atoms with Gasteiger partial charge in [0.2, 0.25) is 0 Å². The summed E-state index contributed by atoms with van der Waals surface area (Å²) in [6.07, 6.45) is 12.1. The summed E-state index contributed by atoms with van der Waals surface area (Å²) in [6, 6.07) is 6.53. The number of aromatic carboxylic acids is 1. The van der Waals surface area contributed by atoms with E-state index < -0.39 is 5.97 Å². The van der Waals surface area contributed by atoms with Crippen molar-refractivity contribution in [3.63, 3.8) is 0 Å². The van der Waals surface area contributed by atoms with Crippen LogP contribution in [0, 0.1) is 45.3 Å². The fourth-order valence-corrected chi connectivity index (χ4v) is 12.0. The number of benzene rings is 1. The molecule has 2 N–H and O–H groups in total. The molecule has 39 heavy (non-hydrogen) atoms. The number of carboxylic acids is 1. The van der Waals surface area contributed by atoms with E-state index >= 15 is 0 Å². The van der Waals surface area contributed by atoms with Crippen LogP contribution in [0.1, 0.15) is 120 Å². The van der Waals surface area contributed by atoms with E-state index in [1.54, 1.807) is 18.2 Å². The lowest BCUT2D eigenvalue weighted by atomic mass is 9.33. The highest BCUT2D eigenvalue weighted by Crippen LogP contribution is 2.76. The zero-order valence-electron chi connectivity index (χ0n) is 24.8. The molecule has 5 heteroatoms. The second-order valence-electron chi connectivity index (χ2n) is 15.4. The van der Waals surface area contributed by atoms with E-state index in [9.17, 15) is 19.8 Å². The summed E-state index contributed by atoms with van der Waals surface area (Å²) in [5, 5.41) is 20.0. The molecule has 1 aliphatic heterocycles. The van der Waals surface area contributed by atoms with Gasteiger partial charge < -0.3 is 15.1 Å². The molecule has 1 aromatic carbocycles. The highest BCUT2D eigenvalue weighted by molar-refractivity contribution is 5.98. The Morgan fingerprint density at radius 1 is 0.846 bits per heavy atom. The minimum atomic E-state index is -0.998. The number of amides is 1. The fraction of sp³-hybridized carbons (Fsp3) is 0.765. The molecular weight excluding hydrogens is 486 g/mol. The van der Waals surface area contributed by atoms with Gasteiger partial charge in [0.25, 0.3) is 5.91 Å². The van der Waals surface area contributed by atoms with E-state index in [-0.39, 0.29) is 33.3 Å². The minimum absolute atomic E-state index is 0.0389. The van der Waals surface area contributed by atoms with Crippen molar-refractivity contribution in [1.29, 1.82) is 0 Å². The van der Waals surface area contributed by atoms with Crippen molar-refractivity contribution in [2.45, 2.75) is 104 Å². The second-order valence-corrected chi connectivity index (χ2v) is 15.4. The molecule has 5 aliphatic rings. The van der Waals surface area contributed by atoms with Crippen LogP contribution in [0.2, 0.25) is 0 Å². The molecule has 1 aromatic rings. The van der Waals surface area contributed by atoms with E-state index in [0.29, 0.717) is 35.3 Å². The van der Waals surface area contributed by atoms with Gasteiger partial charge in [-0.05, 0) is 135 Å². The summed E-state index contributed by atoms with van der Waals surface area (Å²) >= 11 is 0. The molecule has 7 unspecified atom stereocenters. The molecule has 6 rings (SSSR count). The number of likely N-dealkylation sites (tertiary alicyclic amines) is 1. The third-order valence-electron chi connectivity index (χ3n) is 14.1. The zero-order chi connectivity index (χ0) is 28.0. The molecule has 5 nitrogen and oxygen atoms in total. The van der Waals surface area contributed by atoms with Crippen LogP contribution in [0.15, 0.2) is 24.3 Å². The number of fused-ring (bicyclic) bond motifs is 7. The van der Waals surface area contributed by atoms with Gasteiger partial charge in [-0.3, -0.25) is 4.79 Å². The van der Waals surface area contributed by atoms with Crippen LogP contribution in [0.25, 0.3) is 0 Å². The van der Waals surface area contributed by atoms with E-state index in [1.807, 2.05) is 0 Å². The average molecular weight is 536 g/mol. The number of rotatable bonds is 3. The highest BCUT2D eigenvalue weighted by atomic mass is 16.4. The molecule has 0 bridgehead atoms. The van der Waals surface area contributed by atoms with Gasteiger partial charge in [0, 0.05) is 24.3 Å². The molecular formula is C34H49NO4. The van der Waals surface area contributed by atoms with Crippen molar-refractivity contribution in [2.24, 2.45) is 45.3 Å². The van der Waals surface area contributed by atoms with Crippen LogP contribution in [0.4, 0.5) is 0 Å². The van der Waals surface area contributed by atoms with Crippen LogP contribution >= 0.6 is 0 Å². The maximum atomic E-state index is 13.8. The van der Waals surface area contributed by atoms with Gasteiger partial charge in [-0.1, -0.05) is 33.3 Å². The Balaban J connectivity index is 1.30. The van der Waals surface area contributed by atoms with Crippen LogP contribution in [0.5, 0.6) is 0 Å². The Kier molecular flexibility index (Phi) is 6.17. The van der Waals surface area contributed by atoms with Gasteiger partial charge >= 0.3 is 5.97 Å². The maximum absolute atomic E-state index is 13.8. The number of carboxylic acid groups (broad SMARTS) is 1. The maximum Gasteiger partial charge on any atom is 0.335 e. The lowest BCUT2D eigenvalue weighted by Crippen LogP contribution is -2.70. The largest absolute Gasteiger partial charge is 0.478 e. The number of carbonyl (C=O) groups excluding carboxylic acids is 1. The van der Waals surface area contributed by atoms with Crippen molar-refractivity contribution in [3.8, 4) is 0 Å². The summed E-state index contributed by atoms with van der Waals surface area (Å²) in [7, 11) is 0. The highest BCUT2D eigenvalue weighted by Gasteiger charge is 2.70. The summed E-state index contributed by atoms with van der Waals surface area (Å²) in [5.74, 6) is 1.42. The monoisotopic (exact) mass is 535 g/mol. The molecule has 0 spiro atoms. The molecule has 5 fully saturated rings. The molecule has 0 aromatic heterocycles. The van der Waals surface area contributed by atoms with E-state index in [2.05, 4.69) is 39.5 Å². The van der Waals surface area contributed by atoms with Gasteiger partial charge in [-0.15, -0.1) is 0 Å². The van der Waals surface area contributed by atoms with Crippen molar-refractivity contribution < 1.29 is 19.8 Å². The Labute approximate surface area is 234 Å². The Morgan fingerprint density at radius 2 is 1.59 bits per heavy atom. The van der Waals surface area contributed by atoms with Crippen molar-refractivity contribution in [2.75, 3.05) is 13.2 Å². The molecule has 1 saturated heterocycles. The normalized spacial score (nSPS) is 44.5. The number of hydrogen-bond donors (Lipinski definition) is 2. The number of nitrogens with zero attached hydrogens (tertiary/aromatic N) is 1. The van der Waals surface area contributed by atoms with E-state index in [0.717, 1.165) is 25.3 Å². The van der Waals surface area contributed by atoms with Crippen LogP contribution in [0.3, 0.4) is 0 Å². The fourth-order valence-electron chi connectivity index (χ4n) is 12.0. The summed E-state index contributed by atoms with van der Waals surface area (Å²) in [4.78, 5) is 27.4. The van der Waals surface area contributed by atoms with Gasteiger partial charge in [0.1, 0.15) is 0 Å².